The molecule has 0 heterocycles. The predicted molar refractivity (Wildman–Crippen MR) is 56.3 cm³/mol. The van der Waals surface area contributed by atoms with Crippen LogP contribution in [0.1, 0.15) is 13.3 Å². The summed E-state index contributed by atoms with van der Waals surface area (Å²) in [5.74, 6) is 2.51. The van der Waals surface area contributed by atoms with E-state index in [1.165, 1.54) is 0 Å². The standard InChI is InChI=1S/C11H16N2O/c1-3-7-13(4-2)11(14)9-5-6-10(12)8-9/h1,5-6,9-10H,4,7-8,12H2,2H3. The van der Waals surface area contributed by atoms with Gasteiger partial charge in [0.15, 0.2) is 0 Å². The van der Waals surface area contributed by atoms with E-state index >= 15 is 0 Å². The predicted octanol–water partition coefficient (Wildman–Crippen LogP) is 0.372. The van der Waals surface area contributed by atoms with Gasteiger partial charge in [0.25, 0.3) is 0 Å². The SMILES string of the molecule is C#CCN(CC)C(=O)C1C=CC(N)C1. The van der Waals surface area contributed by atoms with E-state index in [9.17, 15) is 4.79 Å². The molecule has 0 aromatic rings. The highest BCUT2D eigenvalue weighted by Crippen LogP contribution is 2.18. The highest BCUT2D eigenvalue weighted by molar-refractivity contribution is 5.81. The summed E-state index contributed by atoms with van der Waals surface area (Å²) in [6.45, 7) is 2.96. The van der Waals surface area contributed by atoms with Gasteiger partial charge in [0.05, 0.1) is 12.5 Å². The fourth-order valence-electron chi connectivity index (χ4n) is 1.60. The molecule has 1 aliphatic rings. The van der Waals surface area contributed by atoms with Crippen molar-refractivity contribution in [1.82, 2.24) is 4.90 Å². The van der Waals surface area contributed by atoms with E-state index in [2.05, 4.69) is 5.92 Å². The molecule has 0 saturated heterocycles. The fourth-order valence-corrected chi connectivity index (χ4v) is 1.60. The molecule has 3 nitrogen and oxygen atoms in total. The van der Waals surface area contributed by atoms with Crippen LogP contribution in [0.15, 0.2) is 12.2 Å². The van der Waals surface area contributed by atoms with Crippen molar-refractivity contribution in [2.24, 2.45) is 11.7 Å². The van der Waals surface area contributed by atoms with E-state index in [0.29, 0.717) is 19.5 Å². The third kappa shape index (κ3) is 2.36. The molecule has 14 heavy (non-hydrogen) atoms. The Labute approximate surface area is 85.0 Å². The Bertz CT molecular complexity index is 278. The smallest absolute Gasteiger partial charge is 0.230 e. The Balaban J connectivity index is 2.56. The molecule has 0 fully saturated rings. The van der Waals surface area contributed by atoms with Crippen molar-refractivity contribution in [2.75, 3.05) is 13.1 Å². The van der Waals surface area contributed by atoms with Crippen molar-refractivity contribution in [3.63, 3.8) is 0 Å². The number of terminal acetylenes is 1. The molecule has 3 heteroatoms. The third-order valence-electron chi connectivity index (χ3n) is 2.41. The first-order valence-corrected chi connectivity index (χ1v) is 4.85. The zero-order valence-corrected chi connectivity index (χ0v) is 8.44. The van der Waals surface area contributed by atoms with Crippen molar-refractivity contribution in [2.45, 2.75) is 19.4 Å². The second kappa shape index (κ2) is 4.83. The Kier molecular flexibility index (Phi) is 3.73. The van der Waals surface area contributed by atoms with Gasteiger partial charge in [-0.15, -0.1) is 6.42 Å². The van der Waals surface area contributed by atoms with Gasteiger partial charge in [0.1, 0.15) is 0 Å². The van der Waals surface area contributed by atoms with Gasteiger partial charge in [-0.05, 0) is 13.3 Å². The maximum Gasteiger partial charge on any atom is 0.230 e. The first kappa shape index (κ1) is 10.8. The van der Waals surface area contributed by atoms with Crippen molar-refractivity contribution in [3.8, 4) is 12.3 Å². The van der Waals surface area contributed by atoms with Crippen LogP contribution in [0.4, 0.5) is 0 Å². The molecule has 0 spiro atoms. The topological polar surface area (TPSA) is 46.3 Å². The van der Waals surface area contributed by atoms with Crippen LogP contribution in [0.3, 0.4) is 0 Å². The first-order valence-electron chi connectivity index (χ1n) is 4.85. The van der Waals surface area contributed by atoms with Crippen LogP contribution in [-0.4, -0.2) is 29.9 Å². The summed E-state index contributed by atoms with van der Waals surface area (Å²) < 4.78 is 0. The zero-order valence-electron chi connectivity index (χ0n) is 8.44. The fraction of sp³-hybridized carbons (Fsp3) is 0.545. The van der Waals surface area contributed by atoms with Crippen LogP contribution in [0.5, 0.6) is 0 Å². The molecular weight excluding hydrogens is 176 g/mol. The van der Waals surface area contributed by atoms with E-state index in [-0.39, 0.29) is 17.9 Å². The molecule has 0 radical (unpaired) electrons. The number of nitrogens with zero attached hydrogens (tertiary/aromatic N) is 1. The number of hydrogen-bond acceptors (Lipinski definition) is 2. The number of hydrogen-bond donors (Lipinski definition) is 1. The van der Waals surface area contributed by atoms with Gasteiger partial charge in [-0.2, -0.15) is 0 Å². The molecule has 0 aromatic heterocycles. The van der Waals surface area contributed by atoms with Crippen LogP contribution in [0.2, 0.25) is 0 Å². The first-order chi connectivity index (χ1) is 6.69. The minimum absolute atomic E-state index is 0.0218. The van der Waals surface area contributed by atoms with Crippen molar-refractivity contribution in [3.05, 3.63) is 12.2 Å². The summed E-state index contributed by atoms with van der Waals surface area (Å²) in [6, 6.07) is 0.0218. The van der Waals surface area contributed by atoms with E-state index < -0.39 is 0 Å². The molecule has 0 bridgehead atoms. The molecule has 2 N–H and O–H groups in total. The minimum Gasteiger partial charge on any atom is -0.331 e. The maximum absolute atomic E-state index is 11.8. The Morgan fingerprint density at radius 1 is 1.71 bits per heavy atom. The van der Waals surface area contributed by atoms with Gasteiger partial charge in [-0.25, -0.2) is 0 Å². The molecule has 0 saturated carbocycles. The average Bonchev–Trinajstić information content (AvgIpc) is 2.60. The lowest BCUT2D eigenvalue weighted by Crippen LogP contribution is -2.36. The summed E-state index contributed by atoms with van der Waals surface area (Å²) >= 11 is 0. The largest absolute Gasteiger partial charge is 0.331 e. The quantitative estimate of drug-likeness (QED) is 0.519. The second-order valence-corrected chi connectivity index (χ2v) is 3.45. The summed E-state index contributed by atoms with van der Waals surface area (Å²) in [6.07, 6.45) is 9.65. The van der Waals surface area contributed by atoms with Crippen molar-refractivity contribution < 1.29 is 4.79 Å². The molecule has 0 aromatic carbocycles. The normalized spacial score (nSPS) is 24.6. The van der Waals surface area contributed by atoms with Crippen LogP contribution in [-0.2, 0) is 4.79 Å². The van der Waals surface area contributed by atoms with Crippen molar-refractivity contribution >= 4 is 5.91 Å². The summed E-state index contributed by atoms with van der Waals surface area (Å²) in [7, 11) is 0. The summed E-state index contributed by atoms with van der Waals surface area (Å²) in [4.78, 5) is 13.5. The highest BCUT2D eigenvalue weighted by Gasteiger charge is 2.25. The lowest BCUT2D eigenvalue weighted by atomic mass is 10.1. The van der Waals surface area contributed by atoms with Crippen LogP contribution in [0, 0.1) is 18.3 Å². The lowest BCUT2D eigenvalue weighted by Gasteiger charge is -2.21. The van der Waals surface area contributed by atoms with Crippen molar-refractivity contribution in [1.29, 1.82) is 0 Å². The van der Waals surface area contributed by atoms with Crippen LogP contribution in [0.25, 0.3) is 0 Å². The molecular formula is C11H16N2O. The number of amides is 1. The van der Waals surface area contributed by atoms with Crippen LogP contribution < -0.4 is 5.73 Å². The number of nitrogens with two attached hydrogens (primary N) is 1. The van der Waals surface area contributed by atoms with Gasteiger partial charge in [0.2, 0.25) is 5.91 Å². The number of rotatable bonds is 3. The second-order valence-electron chi connectivity index (χ2n) is 3.45. The van der Waals surface area contributed by atoms with E-state index in [0.717, 1.165) is 0 Å². The Hall–Kier alpha value is -1.27. The molecule has 1 amide bonds. The van der Waals surface area contributed by atoms with E-state index in [4.69, 9.17) is 12.2 Å². The molecule has 0 aliphatic heterocycles. The monoisotopic (exact) mass is 192 g/mol. The molecule has 76 valence electrons. The maximum atomic E-state index is 11.8. The summed E-state index contributed by atoms with van der Waals surface area (Å²) in [5.41, 5.74) is 5.68. The van der Waals surface area contributed by atoms with Crippen LogP contribution >= 0.6 is 0 Å². The van der Waals surface area contributed by atoms with Gasteiger partial charge in [0, 0.05) is 12.6 Å². The van der Waals surface area contributed by atoms with Gasteiger partial charge in [-0.1, -0.05) is 18.1 Å². The van der Waals surface area contributed by atoms with Gasteiger partial charge in [-0.3, -0.25) is 4.79 Å². The molecule has 2 atom stereocenters. The Morgan fingerprint density at radius 3 is 2.86 bits per heavy atom. The van der Waals surface area contributed by atoms with E-state index in [1.807, 2.05) is 19.1 Å². The lowest BCUT2D eigenvalue weighted by molar-refractivity contribution is -0.133. The van der Waals surface area contributed by atoms with Gasteiger partial charge >= 0.3 is 0 Å². The number of carbonyl (C=O) groups is 1. The average molecular weight is 192 g/mol. The third-order valence-corrected chi connectivity index (χ3v) is 2.41. The summed E-state index contributed by atoms with van der Waals surface area (Å²) in [5, 5.41) is 0. The number of carbonyl (C=O) groups excluding carboxylic acids is 1. The van der Waals surface area contributed by atoms with Gasteiger partial charge < -0.3 is 10.6 Å². The highest BCUT2D eigenvalue weighted by atomic mass is 16.2. The molecule has 2 unspecified atom stereocenters. The minimum atomic E-state index is -0.0710. The molecule has 1 aliphatic carbocycles. The van der Waals surface area contributed by atoms with E-state index in [1.54, 1.807) is 4.90 Å². The Morgan fingerprint density at radius 2 is 2.43 bits per heavy atom. The zero-order chi connectivity index (χ0) is 10.6. The molecule has 1 rings (SSSR count).